The Morgan fingerprint density at radius 1 is 1.25 bits per heavy atom. The Hall–Kier alpha value is 1.03. The molecule has 0 N–H and O–H groups in total. The van der Waals surface area contributed by atoms with Crippen LogP contribution in [0.4, 0.5) is 0 Å². The molecule has 0 aliphatic carbocycles. The third-order valence-corrected chi connectivity index (χ3v) is 5.07. The summed E-state index contributed by atoms with van der Waals surface area (Å²) in [5.74, 6) is 0. The average molecular weight is 245 g/mol. The summed E-state index contributed by atoms with van der Waals surface area (Å²) in [5.41, 5.74) is 0. The Labute approximate surface area is 60.9 Å². The fourth-order valence-electron chi connectivity index (χ4n) is 0.458. The van der Waals surface area contributed by atoms with Gasteiger partial charge in [0.25, 0.3) is 0 Å². The summed E-state index contributed by atoms with van der Waals surface area (Å²) in [6, 6.07) is 0. The maximum atomic E-state index is 5.64. The van der Waals surface area contributed by atoms with E-state index in [4.69, 9.17) is 14.9 Å². The van der Waals surface area contributed by atoms with Crippen molar-refractivity contribution in [3.8, 4) is 0 Å². The third-order valence-electron chi connectivity index (χ3n) is 1.16. The Kier molecular flexibility index (Phi) is 2.45. The molecule has 0 spiro atoms. The Balaban J connectivity index is 2.39. The molecule has 2 unspecified atom stereocenters. The van der Waals surface area contributed by atoms with E-state index >= 15 is 0 Å². The molecule has 0 aromatic rings. The van der Waals surface area contributed by atoms with Crippen molar-refractivity contribution < 1.29 is 6.03 Å². The van der Waals surface area contributed by atoms with Crippen molar-refractivity contribution in [3.63, 3.8) is 0 Å². The van der Waals surface area contributed by atoms with Gasteiger partial charge < -0.3 is 0 Å². The van der Waals surface area contributed by atoms with Crippen molar-refractivity contribution in [1.29, 1.82) is 0 Å². The molecule has 0 bridgehead atoms. The number of hydrogen-bond acceptors (Lipinski definition) is 2. The van der Waals surface area contributed by atoms with Gasteiger partial charge in [0.05, 0.1) is 0 Å². The van der Waals surface area contributed by atoms with E-state index in [1.807, 2.05) is 13.8 Å². The molecular formula is C4H8ClO2Sb. The summed E-state index contributed by atoms with van der Waals surface area (Å²) in [5, 5.41) is 0. The van der Waals surface area contributed by atoms with E-state index in [-0.39, 0.29) is 12.2 Å². The van der Waals surface area contributed by atoms with E-state index in [2.05, 4.69) is 0 Å². The SMILES string of the molecule is CC1[O][Sb]([Cl])[O]C1C. The van der Waals surface area contributed by atoms with Crippen molar-refractivity contribution in [1.82, 2.24) is 0 Å². The predicted octanol–water partition coefficient (Wildman–Crippen LogP) is 1.03. The number of halogens is 1. The first kappa shape index (κ1) is 7.14. The molecule has 0 saturated carbocycles. The fraction of sp³-hybridized carbons (Fsp3) is 1.00. The van der Waals surface area contributed by atoms with Crippen LogP contribution in [0.15, 0.2) is 0 Å². The van der Waals surface area contributed by atoms with Crippen molar-refractivity contribution in [2.45, 2.75) is 26.1 Å². The second-order valence-corrected chi connectivity index (χ2v) is 6.10. The molecule has 1 aliphatic rings. The van der Waals surface area contributed by atoms with Crippen LogP contribution in [0.25, 0.3) is 0 Å². The van der Waals surface area contributed by atoms with Gasteiger partial charge in [-0.05, 0) is 0 Å². The van der Waals surface area contributed by atoms with Crippen LogP contribution in [-0.2, 0) is 6.03 Å². The molecule has 0 aromatic carbocycles. The Morgan fingerprint density at radius 2 is 1.62 bits per heavy atom. The van der Waals surface area contributed by atoms with Gasteiger partial charge in [0.1, 0.15) is 0 Å². The van der Waals surface area contributed by atoms with Gasteiger partial charge in [-0.1, -0.05) is 0 Å². The predicted molar refractivity (Wildman–Crippen MR) is 32.7 cm³/mol. The van der Waals surface area contributed by atoms with E-state index in [0.717, 1.165) is 0 Å². The van der Waals surface area contributed by atoms with Crippen LogP contribution in [-0.4, -0.2) is 32.1 Å². The van der Waals surface area contributed by atoms with Gasteiger partial charge in [0.15, 0.2) is 0 Å². The third kappa shape index (κ3) is 1.50. The molecule has 0 amide bonds. The van der Waals surface area contributed by atoms with Gasteiger partial charge in [-0.3, -0.25) is 0 Å². The first-order chi connectivity index (χ1) is 3.70. The van der Waals surface area contributed by atoms with Crippen LogP contribution < -0.4 is 0 Å². The van der Waals surface area contributed by atoms with Crippen molar-refractivity contribution in [3.05, 3.63) is 0 Å². The van der Waals surface area contributed by atoms with E-state index in [1.54, 1.807) is 0 Å². The second kappa shape index (κ2) is 2.74. The Bertz CT molecular complexity index is 80.1. The summed E-state index contributed by atoms with van der Waals surface area (Å²) in [6.07, 6.45) is 0.436. The molecule has 4 heteroatoms. The van der Waals surface area contributed by atoms with E-state index in [9.17, 15) is 0 Å². The van der Waals surface area contributed by atoms with Crippen molar-refractivity contribution in [2.24, 2.45) is 0 Å². The molecule has 1 aliphatic heterocycles. The molecule has 48 valence electrons. The second-order valence-electron chi connectivity index (χ2n) is 1.83. The van der Waals surface area contributed by atoms with Crippen molar-refractivity contribution >= 4 is 28.7 Å². The summed E-state index contributed by atoms with van der Waals surface area (Å²) < 4.78 is 10.4. The average Bonchev–Trinajstić information content (AvgIpc) is 1.85. The molecule has 8 heavy (non-hydrogen) atoms. The van der Waals surface area contributed by atoms with Crippen LogP contribution >= 0.6 is 8.83 Å². The zero-order valence-electron chi connectivity index (χ0n) is 4.80. The van der Waals surface area contributed by atoms with E-state index in [0.29, 0.717) is 0 Å². The minimum atomic E-state index is -2.07. The molecule has 1 fully saturated rings. The molecular weight excluding hydrogens is 237 g/mol. The van der Waals surface area contributed by atoms with Crippen LogP contribution in [0.2, 0.25) is 0 Å². The van der Waals surface area contributed by atoms with Crippen LogP contribution in [0.1, 0.15) is 13.8 Å². The standard InChI is InChI=1S/C4H8O2.ClH.Sb/c1-3(5)4(2)6;;/h3-4H,1-2H3;1H;/q-2;;+3/p-1. The van der Waals surface area contributed by atoms with Gasteiger partial charge >= 0.3 is 60.8 Å². The summed E-state index contributed by atoms with van der Waals surface area (Å²) in [4.78, 5) is 0. The van der Waals surface area contributed by atoms with Crippen LogP contribution in [0.3, 0.4) is 0 Å². The zero-order chi connectivity index (χ0) is 6.15. The molecule has 1 heterocycles. The van der Waals surface area contributed by atoms with Gasteiger partial charge in [-0.25, -0.2) is 0 Å². The molecule has 2 atom stereocenters. The summed E-state index contributed by atoms with van der Waals surface area (Å²) in [6.45, 7) is 3.97. The quantitative estimate of drug-likeness (QED) is 0.594. The minimum absolute atomic E-state index is 0.218. The zero-order valence-corrected chi connectivity index (χ0v) is 8.11. The number of hydrogen-bond donors (Lipinski definition) is 0. The first-order valence-corrected chi connectivity index (χ1v) is 7.81. The topological polar surface area (TPSA) is 18.5 Å². The molecule has 0 aromatic heterocycles. The summed E-state index contributed by atoms with van der Waals surface area (Å²) >= 11 is -2.07. The molecule has 2 nitrogen and oxygen atoms in total. The molecule has 1 rings (SSSR count). The maximum absolute atomic E-state index is 5.64. The van der Waals surface area contributed by atoms with Gasteiger partial charge in [0.2, 0.25) is 0 Å². The number of rotatable bonds is 0. The van der Waals surface area contributed by atoms with Gasteiger partial charge in [-0.15, -0.1) is 0 Å². The van der Waals surface area contributed by atoms with Crippen LogP contribution in [0.5, 0.6) is 0 Å². The van der Waals surface area contributed by atoms with E-state index in [1.165, 1.54) is 0 Å². The molecule has 1 saturated heterocycles. The Morgan fingerprint density at radius 3 is 1.75 bits per heavy atom. The van der Waals surface area contributed by atoms with Gasteiger partial charge in [-0.2, -0.15) is 0 Å². The van der Waals surface area contributed by atoms with Crippen molar-refractivity contribution in [2.75, 3.05) is 0 Å². The fourth-order valence-corrected chi connectivity index (χ4v) is 4.76. The van der Waals surface area contributed by atoms with Gasteiger partial charge in [0, 0.05) is 0 Å². The van der Waals surface area contributed by atoms with E-state index < -0.39 is 19.9 Å². The summed E-state index contributed by atoms with van der Waals surface area (Å²) in [7, 11) is 5.64. The normalized spacial score (nSPS) is 40.9. The van der Waals surface area contributed by atoms with Crippen LogP contribution in [0, 0.1) is 0 Å². The first-order valence-electron chi connectivity index (χ1n) is 2.49. The molecule has 0 radical (unpaired) electrons. The monoisotopic (exact) mass is 244 g/mol.